The van der Waals surface area contributed by atoms with Crippen LogP contribution >= 0.6 is 0 Å². The van der Waals surface area contributed by atoms with E-state index in [4.69, 9.17) is 4.74 Å². The molecule has 3 aromatic heterocycles. The highest BCUT2D eigenvalue weighted by Gasteiger charge is 2.30. The Hall–Kier alpha value is -5.83. The van der Waals surface area contributed by atoms with E-state index in [1.165, 1.54) is 0 Å². The summed E-state index contributed by atoms with van der Waals surface area (Å²) in [5, 5.41) is 5.83. The van der Waals surface area contributed by atoms with Crippen molar-refractivity contribution in [3.8, 4) is 22.3 Å². The number of esters is 1. The molecule has 3 aliphatic rings. The molecule has 0 saturated heterocycles. The number of hydrogen-bond donors (Lipinski definition) is 3. The number of H-pyrrole nitrogens is 1. The van der Waals surface area contributed by atoms with Gasteiger partial charge < -0.3 is 20.4 Å². The number of rotatable bonds is 5. The molecule has 0 atom stereocenters. The smallest absolute Gasteiger partial charge is 0.355 e. The van der Waals surface area contributed by atoms with Crippen molar-refractivity contribution in [1.82, 2.24) is 15.0 Å². The molecule has 2 aliphatic heterocycles. The van der Waals surface area contributed by atoms with Crippen molar-refractivity contribution >= 4 is 40.8 Å². The van der Waals surface area contributed by atoms with Crippen LogP contribution in [0, 0.1) is 0 Å². The van der Waals surface area contributed by atoms with Gasteiger partial charge in [0.25, 0.3) is 5.91 Å². The van der Waals surface area contributed by atoms with Crippen LogP contribution in [0.15, 0.2) is 85.5 Å². The number of amides is 2. The van der Waals surface area contributed by atoms with E-state index in [1.807, 2.05) is 66.7 Å². The van der Waals surface area contributed by atoms with E-state index in [-0.39, 0.29) is 17.8 Å². The number of nitrogens with one attached hydrogen (secondary N) is 3. The second-order valence-corrected chi connectivity index (χ2v) is 11.6. The van der Waals surface area contributed by atoms with Gasteiger partial charge in [-0.25, -0.2) is 4.79 Å². The zero-order valence-electron chi connectivity index (χ0n) is 25.9. The number of carbonyl (C=O) groups excluding carboxylic acids is 3. The Balaban J connectivity index is 0.000000183. The third kappa shape index (κ3) is 5.83. The molecule has 2 aromatic carbocycles. The van der Waals surface area contributed by atoms with E-state index in [0.717, 1.165) is 87.3 Å². The van der Waals surface area contributed by atoms with E-state index < -0.39 is 0 Å². The van der Waals surface area contributed by atoms with Gasteiger partial charge in [0, 0.05) is 47.4 Å². The van der Waals surface area contributed by atoms with Crippen LogP contribution in [0.3, 0.4) is 0 Å². The lowest BCUT2D eigenvalue weighted by Gasteiger charge is -2.13. The first-order valence-electron chi connectivity index (χ1n) is 15.8. The molecule has 47 heavy (non-hydrogen) atoms. The Morgan fingerprint density at radius 3 is 2.13 bits per heavy atom. The van der Waals surface area contributed by atoms with Gasteiger partial charge >= 0.3 is 5.97 Å². The van der Waals surface area contributed by atoms with Gasteiger partial charge in [0.05, 0.1) is 18.6 Å². The largest absolute Gasteiger partial charge is 0.461 e. The Morgan fingerprint density at radius 1 is 0.787 bits per heavy atom. The summed E-state index contributed by atoms with van der Waals surface area (Å²) >= 11 is 0. The van der Waals surface area contributed by atoms with Crippen molar-refractivity contribution in [2.45, 2.75) is 39.0 Å². The molecule has 0 radical (unpaired) electrons. The van der Waals surface area contributed by atoms with Gasteiger partial charge in [0.2, 0.25) is 5.91 Å². The summed E-state index contributed by atoms with van der Waals surface area (Å²) in [7, 11) is 0. The Kier molecular flexibility index (Phi) is 8.18. The van der Waals surface area contributed by atoms with Gasteiger partial charge in [-0.05, 0) is 114 Å². The van der Waals surface area contributed by atoms with Gasteiger partial charge in [-0.3, -0.25) is 19.6 Å². The first-order valence-corrected chi connectivity index (χ1v) is 15.8. The number of hydrogen-bond acceptors (Lipinski definition) is 6. The maximum atomic E-state index is 12.9. The van der Waals surface area contributed by atoms with Gasteiger partial charge in [-0.15, -0.1) is 0 Å². The zero-order valence-corrected chi connectivity index (χ0v) is 25.9. The quantitative estimate of drug-likeness (QED) is 0.145. The summed E-state index contributed by atoms with van der Waals surface area (Å²) in [6.07, 6.45) is 13.2. The van der Waals surface area contributed by atoms with Crippen molar-refractivity contribution in [1.29, 1.82) is 0 Å². The number of aromatic nitrogens is 3. The zero-order chi connectivity index (χ0) is 32.3. The monoisotopic (exact) mass is 623 g/mol. The molecule has 0 unspecified atom stereocenters. The van der Waals surface area contributed by atoms with E-state index in [1.54, 1.807) is 31.7 Å². The first kappa shape index (κ1) is 29.9. The van der Waals surface area contributed by atoms with Crippen LogP contribution in [0.4, 0.5) is 11.4 Å². The molecule has 234 valence electrons. The number of fused-ring (bicyclic) bond motifs is 3. The molecule has 8 rings (SSSR count). The highest BCUT2D eigenvalue weighted by molar-refractivity contribution is 6.36. The van der Waals surface area contributed by atoms with Crippen LogP contribution in [0.5, 0.6) is 0 Å². The molecule has 2 amide bonds. The Bertz CT molecular complexity index is 2030. The standard InChI is InChI=1S/C25H23N3O3.C13H10N2O/c1-2-31-25(30)23-18-7-4-3-6-17(18)21(27-23)14-19-22-16(15-10-12-26-13-11-15)8-5-9-20(22)28-24(19)29;16-13-8-11-10(2-1-3-12(11)15-13)9-4-6-14-7-5-9/h5,8-14,27H,2-4,6-7H2,1H3,(H,28,29);1-7H,8H2,(H,15,16). The van der Waals surface area contributed by atoms with Gasteiger partial charge in [0.1, 0.15) is 5.69 Å². The summed E-state index contributed by atoms with van der Waals surface area (Å²) in [6, 6.07) is 19.6. The average Bonchev–Trinajstić information content (AvgIpc) is 3.78. The van der Waals surface area contributed by atoms with E-state index >= 15 is 0 Å². The molecule has 0 saturated carbocycles. The number of benzene rings is 2. The van der Waals surface area contributed by atoms with Gasteiger partial charge in [-0.2, -0.15) is 0 Å². The minimum absolute atomic E-state index is 0.0662. The molecule has 0 bridgehead atoms. The summed E-state index contributed by atoms with van der Waals surface area (Å²) in [5.41, 5.74) is 11.9. The predicted molar refractivity (Wildman–Crippen MR) is 182 cm³/mol. The van der Waals surface area contributed by atoms with Crippen molar-refractivity contribution < 1.29 is 19.1 Å². The fourth-order valence-electron chi connectivity index (χ4n) is 6.62. The summed E-state index contributed by atoms with van der Waals surface area (Å²) < 4.78 is 5.26. The molecule has 9 nitrogen and oxygen atoms in total. The topological polar surface area (TPSA) is 126 Å². The van der Waals surface area contributed by atoms with E-state index in [2.05, 4.69) is 25.6 Å². The second-order valence-electron chi connectivity index (χ2n) is 11.6. The highest BCUT2D eigenvalue weighted by Crippen LogP contribution is 2.41. The fourth-order valence-corrected chi connectivity index (χ4v) is 6.62. The normalized spacial score (nSPS) is 15.1. The van der Waals surface area contributed by atoms with E-state index in [9.17, 15) is 14.4 Å². The lowest BCUT2D eigenvalue weighted by atomic mass is 9.90. The van der Waals surface area contributed by atoms with Crippen molar-refractivity contribution in [3.05, 3.63) is 119 Å². The van der Waals surface area contributed by atoms with Crippen molar-refractivity contribution in [2.75, 3.05) is 17.2 Å². The molecule has 0 spiro atoms. The lowest BCUT2D eigenvalue weighted by Crippen LogP contribution is -2.10. The van der Waals surface area contributed by atoms with Crippen molar-refractivity contribution in [2.24, 2.45) is 0 Å². The fraction of sp³-hybridized carbons (Fsp3) is 0.184. The molecule has 5 heterocycles. The van der Waals surface area contributed by atoms with Crippen LogP contribution in [-0.2, 0) is 33.6 Å². The number of ether oxygens (including phenoxy) is 1. The second kappa shape index (κ2) is 12.9. The van der Waals surface area contributed by atoms with Crippen LogP contribution in [0.2, 0.25) is 0 Å². The van der Waals surface area contributed by atoms with Crippen LogP contribution in [0.1, 0.15) is 58.2 Å². The molecule has 9 heteroatoms. The highest BCUT2D eigenvalue weighted by atomic mass is 16.5. The first-order chi connectivity index (χ1) is 23.0. The average molecular weight is 624 g/mol. The molecule has 3 N–H and O–H groups in total. The SMILES string of the molecule is CCOC(=O)c1[nH]c(C=C2C(=O)Nc3cccc(-c4ccncc4)c32)c2c1CCCC2.O=C1Cc2c(cccc2-c2ccncc2)N1. The maximum absolute atomic E-state index is 12.9. The molecule has 1 aliphatic carbocycles. The molecule has 0 fully saturated rings. The Morgan fingerprint density at radius 2 is 1.43 bits per heavy atom. The summed E-state index contributed by atoms with van der Waals surface area (Å²) in [5.74, 6) is -0.413. The lowest BCUT2D eigenvalue weighted by molar-refractivity contribution is -0.115. The minimum atomic E-state index is -0.334. The molecule has 5 aromatic rings. The third-order valence-electron chi connectivity index (χ3n) is 8.72. The minimum Gasteiger partial charge on any atom is -0.461 e. The number of pyridine rings is 2. The summed E-state index contributed by atoms with van der Waals surface area (Å²) in [4.78, 5) is 48.2. The number of carbonyl (C=O) groups is 3. The number of aromatic amines is 1. The van der Waals surface area contributed by atoms with Gasteiger partial charge in [0.15, 0.2) is 0 Å². The van der Waals surface area contributed by atoms with Crippen molar-refractivity contribution in [3.63, 3.8) is 0 Å². The maximum Gasteiger partial charge on any atom is 0.355 e. The summed E-state index contributed by atoms with van der Waals surface area (Å²) in [6.45, 7) is 2.13. The Labute approximate surface area is 272 Å². The van der Waals surface area contributed by atoms with Crippen LogP contribution in [0.25, 0.3) is 33.9 Å². The van der Waals surface area contributed by atoms with Gasteiger partial charge in [-0.1, -0.05) is 24.3 Å². The van der Waals surface area contributed by atoms with Crippen LogP contribution < -0.4 is 10.6 Å². The third-order valence-corrected chi connectivity index (χ3v) is 8.72. The van der Waals surface area contributed by atoms with E-state index in [0.29, 0.717) is 24.3 Å². The van der Waals surface area contributed by atoms with Crippen LogP contribution in [-0.4, -0.2) is 39.3 Å². The number of nitrogens with zero attached hydrogens (tertiary/aromatic N) is 2. The predicted octanol–water partition coefficient (Wildman–Crippen LogP) is 6.87. The molecular formula is C38H33N5O4. The number of anilines is 2. The molecular weight excluding hydrogens is 590 g/mol.